The highest BCUT2D eigenvalue weighted by Crippen LogP contribution is 2.39. The second-order valence-electron chi connectivity index (χ2n) is 13.5. The minimum absolute atomic E-state index is 0.00650. The number of aromatic nitrogens is 3. The minimum Gasteiger partial charge on any atom is -0.310 e. The van der Waals surface area contributed by atoms with Crippen LogP contribution in [0.25, 0.3) is 11.1 Å². The average Bonchev–Trinajstić information content (AvgIpc) is 3.63. The molecule has 2 fully saturated rings. The summed E-state index contributed by atoms with van der Waals surface area (Å²) >= 11 is 6.53. The molecule has 244 valence electrons. The second-order valence-corrected chi connectivity index (χ2v) is 13.9. The van der Waals surface area contributed by atoms with Crippen LogP contribution in [-0.4, -0.2) is 73.2 Å². The molecule has 1 aromatic carbocycles. The van der Waals surface area contributed by atoms with Gasteiger partial charge in [-0.05, 0) is 56.3 Å². The van der Waals surface area contributed by atoms with Crippen molar-refractivity contribution in [2.45, 2.75) is 65.1 Å². The van der Waals surface area contributed by atoms with Crippen molar-refractivity contribution >= 4 is 47.0 Å². The molecular weight excluding hydrogens is 629 g/mol. The number of hydrogen-bond donors (Lipinski definition) is 2. The number of amides is 5. The molecular formula is C33H33ClFN7O5. The zero-order valence-corrected chi connectivity index (χ0v) is 26.7. The highest BCUT2D eigenvalue weighted by molar-refractivity contribution is 6.33. The Hall–Kier alpha value is -4.49. The van der Waals surface area contributed by atoms with E-state index in [0.717, 1.165) is 34.7 Å². The van der Waals surface area contributed by atoms with Crippen molar-refractivity contribution in [1.82, 2.24) is 29.9 Å². The number of likely N-dealkylation sites (tertiary alicyclic amines) is 1. The molecule has 4 aliphatic rings. The van der Waals surface area contributed by atoms with Crippen LogP contribution in [0, 0.1) is 17.2 Å². The van der Waals surface area contributed by atoms with E-state index in [4.69, 9.17) is 11.6 Å². The van der Waals surface area contributed by atoms with Gasteiger partial charge in [0.1, 0.15) is 17.7 Å². The van der Waals surface area contributed by atoms with E-state index in [1.165, 1.54) is 18.3 Å². The highest BCUT2D eigenvalue weighted by Gasteiger charge is 2.46. The smallest absolute Gasteiger partial charge is 0.265 e. The first-order valence-corrected chi connectivity index (χ1v) is 16.0. The Kier molecular flexibility index (Phi) is 7.71. The van der Waals surface area contributed by atoms with Crippen LogP contribution >= 0.6 is 11.6 Å². The standard InChI is InChI=1S/C33H33ClFN7O5/c1-33(2)12-24-21(13-37-41(24)16-33)20-11-25(36-14-22(20)34)38-29(44)17-7-9-40(10-8-17)15-18-3-4-19-27(28(18)35)32(47)42(31(19)46)23-5-6-26(43)39-30(23)45/h3-4,11,13-14,17,23H,5-10,12,15-16H2,1-2H3,(H,36,38,44)(H,39,43,45). The largest absolute Gasteiger partial charge is 0.310 e. The molecule has 0 aliphatic carbocycles. The molecule has 7 rings (SSSR count). The van der Waals surface area contributed by atoms with Crippen molar-refractivity contribution in [3.05, 3.63) is 63.8 Å². The molecule has 0 saturated carbocycles. The Balaban J connectivity index is 0.981. The molecule has 2 aromatic heterocycles. The van der Waals surface area contributed by atoms with Crippen LogP contribution in [0.5, 0.6) is 0 Å². The zero-order valence-electron chi connectivity index (χ0n) is 25.9. The van der Waals surface area contributed by atoms with Crippen molar-refractivity contribution in [1.29, 1.82) is 0 Å². The number of fused-ring (bicyclic) bond motifs is 2. The third kappa shape index (κ3) is 5.61. The SMILES string of the molecule is CC1(C)Cc2c(-c3cc(NC(=O)C4CCN(Cc5ccc6c(c5F)C(=O)N(C5CCC(=O)NC5=O)C6=O)CC4)ncc3Cl)cnn2C1. The van der Waals surface area contributed by atoms with Crippen LogP contribution in [0.3, 0.4) is 0 Å². The number of pyridine rings is 1. The lowest BCUT2D eigenvalue weighted by molar-refractivity contribution is -0.136. The summed E-state index contributed by atoms with van der Waals surface area (Å²) in [7, 11) is 0. The van der Waals surface area contributed by atoms with Crippen molar-refractivity contribution in [2.24, 2.45) is 11.3 Å². The van der Waals surface area contributed by atoms with Gasteiger partial charge in [-0.25, -0.2) is 9.37 Å². The molecule has 0 radical (unpaired) electrons. The van der Waals surface area contributed by atoms with Gasteiger partial charge in [0.15, 0.2) is 0 Å². The van der Waals surface area contributed by atoms with Crippen molar-refractivity contribution in [2.75, 3.05) is 18.4 Å². The monoisotopic (exact) mass is 661 g/mol. The molecule has 0 bridgehead atoms. The third-order valence-electron chi connectivity index (χ3n) is 9.55. The molecule has 2 saturated heterocycles. The molecule has 3 aromatic rings. The molecule has 5 amide bonds. The Morgan fingerprint density at radius 2 is 1.83 bits per heavy atom. The summed E-state index contributed by atoms with van der Waals surface area (Å²) in [4.78, 5) is 70.4. The van der Waals surface area contributed by atoms with E-state index in [0.29, 0.717) is 36.8 Å². The van der Waals surface area contributed by atoms with Gasteiger partial charge in [-0.3, -0.25) is 43.8 Å². The summed E-state index contributed by atoms with van der Waals surface area (Å²) < 4.78 is 17.7. The average molecular weight is 662 g/mol. The number of nitrogens with one attached hydrogen (secondary N) is 2. The first-order chi connectivity index (χ1) is 22.4. The Morgan fingerprint density at radius 1 is 1.06 bits per heavy atom. The maximum Gasteiger partial charge on any atom is 0.265 e. The van der Waals surface area contributed by atoms with E-state index < -0.39 is 35.5 Å². The van der Waals surface area contributed by atoms with Gasteiger partial charge in [-0.2, -0.15) is 5.10 Å². The summed E-state index contributed by atoms with van der Waals surface area (Å²) in [5, 5.41) is 10.1. The maximum absolute atomic E-state index is 15.7. The van der Waals surface area contributed by atoms with Gasteiger partial charge in [0, 0.05) is 54.0 Å². The highest BCUT2D eigenvalue weighted by atomic mass is 35.5. The number of benzene rings is 1. The van der Waals surface area contributed by atoms with Crippen molar-refractivity contribution in [3.8, 4) is 11.1 Å². The van der Waals surface area contributed by atoms with Gasteiger partial charge in [0.2, 0.25) is 17.7 Å². The van der Waals surface area contributed by atoms with Crippen LogP contribution in [0.4, 0.5) is 10.2 Å². The molecule has 14 heteroatoms. The van der Waals surface area contributed by atoms with Crippen molar-refractivity contribution < 1.29 is 28.4 Å². The van der Waals surface area contributed by atoms with Crippen LogP contribution < -0.4 is 10.6 Å². The molecule has 4 aliphatic heterocycles. The predicted octanol–water partition coefficient (Wildman–Crippen LogP) is 3.57. The van der Waals surface area contributed by atoms with E-state index in [1.807, 2.05) is 9.58 Å². The van der Waals surface area contributed by atoms with Gasteiger partial charge < -0.3 is 5.32 Å². The van der Waals surface area contributed by atoms with Crippen LogP contribution in [0.15, 0.2) is 30.6 Å². The quantitative estimate of drug-likeness (QED) is 0.381. The topological polar surface area (TPSA) is 147 Å². The third-order valence-corrected chi connectivity index (χ3v) is 9.85. The molecule has 0 spiro atoms. The molecule has 1 unspecified atom stereocenters. The van der Waals surface area contributed by atoms with Crippen LogP contribution in [0.2, 0.25) is 5.02 Å². The van der Waals surface area contributed by atoms with Crippen molar-refractivity contribution in [3.63, 3.8) is 0 Å². The molecule has 6 heterocycles. The number of anilines is 1. The van der Waals surface area contributed by atoms with Gasteiger partial charge in [-0.1, -0.05) is 31.5 Å². The van der Waals surface area contributed by atoms with Gasteiger partial charge in [0.25, 0.3) is 11.8 Å². The number of hydrogen-bond acceptors (Lipinski definition) is 8. The maximum atomic E-state index is 15.7. The van der Waals surface area contributed by atoms with E-state index in [2.05, 4.69) is 34.6 Å². The second kappa shape index (κ2) is 11.6. The number of imide groups is 2. The van der Waals surface area contributed by atoms with Gasteiger partial charge in [0.05, 0.1) is 22.3 Å². The fourth-order valence-corrected chi connectivity index (χ4v) is 7.30. The fraction of sp³-hybridized carbons (Fsp3) is 0.424. The summed E-state index contributed by atoms with van der Waals surface area (Å²) in [5.41, 5.74) is 2.69. The normalized spacial score (nSPS) is 21.2. The van der Waals surface area contributed by atoms with Gasteiger partial charge in [-0.15, -0.1) is 0 Å². The number of rotatable bonds is 6. The lowest BCUT2D eigenvalue weighted by Crippen LogP contribution is -2.54. The van der Waals surface area contributed by atoms with E-state index in [9.17, 15) is 24.0 Å². The first kappa shape index (κ1) is 31.1. The van der Waals surface area contributed by atoms with E-state index in [1.54, 1.807) is 12.3 Å². The zero-order chi connectivity index (χ0) is 33.2. The number of carbonyl (C=O) groups excluding carboxylic acids is 5. The Bertz CT molecular complexity index is 1870. The molecule has 12 nitrogen and oxygen atoms in total. The van der Waals surface area contributed by atoms with Gasteiger partial charge >= 0.3 is 0 Å². The van der Waals surface area contributed by atoms with Crippen LogP contribution in [-0.2, 0) is 33.9 Å². The first-order valence-electron chi connectivity index (χ1n) is 15.7. The molecule has 47 heavy (non-hydrogen) atoms. The predicted molar refractivity (Wildman–Crippen MR) is 168 cm³/mol. The Morgan fingerprint density at radius 3 is 2.57 bits per heavy atom. The molecule has 1 atom stereocenters. The summed E-state index contributed by atoms with van der Waals surface area (Å²) in [6.45, 7) is 6.43. The number of halogens is 2. The molecule has 2 N–H and O–H groups in total. The fourth-order valence-electron chi connectivity index (χ4n) is 7.09. The Labute approximate surface area is 274 Å². The lowest BCUT2D eigenvalue weighted by atomic mass is 9.89. The summed E-state index contributed by atoms with van der Waals surface area (Å²) in [6.07, 6.45) is 5.25. The number of nitrogens with zero attached hydrogens (tertiary/aromatic N) is 5. The van der Waals surface area contributed by atoms with Crippen LogP contribution in [0.1, 0.15) is 71.5 Å². The lowest BCUT2D eigenvalue weighted by Gasteiger charge is -2.31. The number of piperidine rings is 2. The number of carbonyl (C=O) groups is 5. The summed E-state index contributed by atoms with van der Waals surface area (Å²) in [6, 6.07) is 3.50. The van der Waals surface area contributed by atoms with E-state index >= 15 is 4.39 Å². The minimum atomic E-state index is -1.16. The summed E-state index contributed by atoms with van der Waals surface area (Å²) in [5.74, 6) is -3.69. The van der Waals surface area contributed by atoms with E-state index in [-0.39, 0.29) is 53.3 Å².